The van der Waals surface area contributed by atoms with Gasteiger partial charge in [-0.15, -0.1) is 0 Å². The molecule has 2 atom stereocenters. The zero-order chi connectivity index (χ0) is 6.69. The highest BCUT2D eigenvalue weighted by Crippen LogP contribution is 2.14. The summed E-state index contributed by atoms with van der Waals surface area (Å²) in [5, 5.41) is 0. The first kappa shape index (κ1) is 7.03. The van der Waals surface area contributed by atoms with Crippen molar-refractivity contribution >= 4 is 0 Å². The average Bonchev–Trinajstić information content (AvgIpc) is 1.88. The number of rotatable bonds is 1. The lowest BCUT2D eigenvalue weighted by atomic mass is 10.1. The SMILES string of the molecule is CCC1CC(C)OCO1. The second kappa shape index (κ2) is 3.18. The first-order valence-corrected chi connectivity index (χ1v) is 3.56. The topological polar surface area (TPSA) is 18.5 Å². The summed E-state index contributed by atoms with van der Waals surface area (Å²) in [5.74, 6) is 0. The summed E-state index contributed by atoms with van der Waals surface area (Å²) < 4.78 is 10.5. The average molecular weight is 130 g/mol. The third kappa shape index (κ3) is 1.95. The van der Waals surface area contributed by atoms with Gasteiger partial charge in [0.2, 0.25) is 0 Å². The first-order valence-electron chi connectivity index (χ1n) is 3.56. The Labute approximate surface area is 56.2 Å². The van der Waals surface area contributed by atoms with Crippen molar-refractivity contribution in [1.29, 1.82) is 0 Å². The molecule has 0 aromatic heterocycles. The molecule has 0 aromatic carbocycles. The Morgan fingerprint density at radius 1 is 1.44 bits per heavy atom. The van der Waals surface area contributed by atoms with E-state index in [1.165, 1.54) is 0 Å². The fraction of sp³-hybridized carbons (Fsp3) is 1.00. The van der Waals surface area contributed by atoms with Crippen LogP contribution < -0.4 is 0 Å². The first-order chi connectivity index (χ1) is 4.33. The van der Waals surface area contributed by atoms with Crippen molar-refractivity contribution in [3.63, 3.8) is 0 Å². The van der Waals surface area contributed by atoms with Gasteiger partial charge in [0.25, 0.3) is 0 Å². The monoisotopic (exact) mass is 130 g/mol. The van der Waals surface area contributed by atoms with Gasteiger partial charge in [0.05, 0.1) is 12.2 Å². The van der Waals surface area contributed by atoms with Crippen LogP contribution in [0.15, 0.2) is 0 Å². The van der Waals surface area contributed by atoms with E-state index in [-0.39, 0.29) is 0 Å². The molecule has 1 rings (SSSR count). The maximum atomic E-state index is 5.28. The second-order valence-corrected chi connectivity index (χ2v) is 2.53. The van der Waals surface area contributed by atoms with Gasteiger partial charge in [0.1, 0.15) is 6.79 Å². The second-order valence-electron chi connectivity index (χ2n) is 2.53. The van der Waals surface area contributed by atoms with Gasteiger partial charge >= 0.3 is 0 Å². The summed E-state index contributed by atoms with van der Waals surface area (Å²) >= 11 is 0. The lowest BCUT2D eigenvalue weighted by molar-refractivity contribution is -0.170. The lowest BCUT2D eigenvalue weighted by Crippen LogP contribution is -2.28. The Morgan fingerprint density at radius 3 is 2.67 bits per heavy atom. The summed E-state index contributed by atoms with van der Waals surface area (Å²) in [6.45, 7) is 4.72. The summed E-state index contributed by atoms with van der Waals surface area (Å²) in [4.78, 5) is 0. The molecule has 1 fully saturated rings. The van der Waals surface area contributed by atoms with E-state index in [1.54, 1.807) is 0 Å². The Kier molecular flexibility index (Phi) is 2.49. The molecule has 1 aliphatic rings. The molecule has 9 heavy (non-hydrogen) atoms. The van der Waals surface area contributed by atoms with Crippen LogP contribution in [0.4, 0.5) is 0 Å². The smallest absolute Gasteiger partial charge is 0.147 e. The molecule has 0 radical (unpaired) electrons. The van der Waals surface area contributed by atoms with Gasteiger partial charge < -0.3 is 9.47 Å². The quantitative estimate of drug-likeness (QED) is 0.536. The molecule has 0 aliphatic carbocycles. The molecule has 2 unspecified atom stereocenters. The predicted octanol–water partition coefficient (Wildman–Crippen LogP) is 1.55. The third-order valence-electron chi connectivity index (χ3n) is 1.71. The Morgan fingerprint density at radius 2 is 2.22 bits per heavy atom. The van der Waals surface area contributed by atoms with Crippen molar-refractivity contribution in [3.8, 4) is 0 Å². The van der Waals surface area contributed by atoms with Gasteiger partial charge in [-0.2, -0.15) is 0 Å². The molecule has 0 saturated carbocycles. The fourth-order valence-corrected chi connectivity index (χ4v) is 1.04. The lowest BCUT2D eigenvalue weighted by Gasteiger charge is -2.26. The molecule has 0 spiro atoms. The van der Waals surface area contributed by atoms with Crippen LogP contribution in [0, 0.1) is 0 Å². The maximum absolute atomic E-state index is 5.28. The molecule has 1 aliphatic heterocycles. The van der Waals surface area contributed by atoms with Crippen LogP contribution in [0.1, 0.15) is 26.7 Å². The zero-order valence-electron chi connectivity index (χ0n) is 6.09. The number of hydrogen-bond donors (Lipinski definition) is 0. The van der Waals surface area contributed by atoms with Crippen LogP contribution in [-0.2, 0) is 9.47 Å². The zero-order valence-corrected chi connectivity index (χ0v) is 6.09. The molecular weight excluding hydrogens is 116 g/mol. The van der Waals surface area contributed by atoms with E-state index in [1.807, 2.05) is 0 Å². The fourth-order valence-electron chi connectivity index (χ4n) is 1.04. The van der Waals surface area contributed by atoms with Crippen molar-refractivity contribution < 1.29 is 9.47 Å². The minimum absolute atomic E-state index is 0.392. The third-order valence-corrected chi connectivity index (χ3v) is 1.71. The van der Waals surface area contributed by atoms with Gasteiger partial charge in [0.15, 0.2) is 0 Å². The standard InChI is InChI=1S/C7H14O2/c1-3-7-4-6(2)8-5-9-7/h6-7H,3-5H2,1-2H3. The maximum Gasteiger partial charge on any atom is 0.147 e. The van der Waals surface area contributed by atoms with Crippen LogP contribution >= 0.6 is 0 Å². The van der Waals surface area contributed by atoms with Gasteiger partial charge in [-0.1, -0.05) is 6.92 Å². The van der Waals surface area contributed by atoms with Crippen molar-refractivity contribution in [2.75, 3.05) is 6.79 Å². The molecule has 0 aromatic rings. The minimum Gasteiger partial charge on any atom is -0.352 e. The highest BCUT2D eigenvalue weighted by atomic mass is 16.7. The minimum atomic E-state index is 0.392. The van der Waals surface area contributed by atoms with Crippen LogP contribution in [0.25, 0.3) is 0 Å². The highest BCUT2D eigenvalue weighted by Gasteiger charge is 2.17. The van der Waals surface area contributed by atoms with Crippen LogP contribution in [0.3, 0.4) is 0 Å². The van der Waals surface area contributed by atoms with Gasteiger partial charge in [-0.05, 0) is 19.8 Å². The van der Waals surface area contributed by atoms with E-state index in [4.69, 9.17) is 9.47 Å². The Hall–Kier alpha value is -0.0800. The summed E-state index contributed by atoms with van der Waals surface area (Å²) in [6, 6.07) is 0. The van der Waals surface area contributed by atoms with E-state index in [2.05, 4.69) is 13.8 Å². The largest absolute Gasteiger partial charge is 0.352 e. The summed E-state index contributed by atoms with van der Waals surface area (Å²) in [6.07, 6.45) is 2.99. The van der Waals surface area contributed by atoms with Gasteiger partial charge in [-0.3, -0.25) is 0 Å². The van der Waals surface area contributed by atoms with Gasteiger partial charge in [0, 0.05) is 0 Å². The molecule has 2 heteroatoms. The Bertz CT molecular complexity index is 83.0. The van der Waals surface area contributed by atoms with Crippen molar-refractivity contribution in [1.82, 2.24) is 0 Å². The van der Waals surface area contributed by atoms with Crippen molar-refractivity contribution in [2.45, 2.75) is 38.9 Å². The van der Waals surface area contributed by atoms with E-state index < -0.39 is 0 Å². The van der Waals surface area contributed by atoms with Crippen molar-refractivity contribution in [2.24, 2.45) is 0 Å². The molecule has 0 amide bonds. The molecule has 0 N–H and O–H groups in total. The summed E-state index contributed by atoms with van der Waals surface area (Å²) in [5.41, 5.74) is 0. The normalized spacial score (nSPS) is 36.7. The van der Waals surface area contributed by atoms with Gasteiger partial charge in [-0.25, -0.2) is 0 Å². The highest BCUT2D eigenvalue weighted by molar-refractivity contribution is 4.63. The molecule has 0 bridgehead atoms. The van der Waals surface area contributed by atoms with Crippen LogP contribution in [0.5, 0.6) is 0 Å². The summed E-state index contributed by atoms with van der Waals surface area (Å²) in [7, 11) is 0. The van der Waals surface area contributed by atoms with Crippen LogP contribution in [0.2, 0.25) is 0 Å². The van der Waals surface area contributed by atoms with E-state index in [0.717, 1.165) is 12.8 Å². The van der Waals surface area contributed by atoms with E-state index >= 15 is 0 Å². The molecular formula is C7H14O2. The molecule has 54 valence electrons. The van der Waals surface area contributed by atoms with Crippen molar-refractivity contribution in [3.05, 3.63) is 0 Å². The Balaban J connectivity index is 2.23. The molecule has 1 heterocycles. The molecule has 1 saturated heterocycles. The van der Waals surface area contributed by atoms with Crippen LogP contribution in [-0.4, -0.2) is 19.0 Å². The predicted molar refractivity (Wildman–Crippen MR) is 35.2 cm³/mol. The van der Waals surface area contributed by atoms with E-state index in [9.17, 15) is 0 Å². The van der Waals surface area contributed by atoms with E-state index in [0.29, 0.717) is 19.0 Å². The molecule has 2 nitrogen and oxygen atoms in total. The number of ether oxygens (including phenoxy) is 2. The number of hydrogen-bond acceptors (Lipinski definition) is 2.